The van der Waals surface area contributed by atoms with Gasteiger partial charge in [0.15, 0.2) is 0 Å². The van der Waals surface area contributed by atoms with E-state index in [1.54, 1.807) is 31.0 Å². The maximum Gasteiger partial charge on any atom is 0.329 e. The first-order chi connectivity index (χ1) is 7.93. The predicted molar refractivity (Wildman–Crippen MR) is 63.3 cm³/mol. The van der Waals surface area contributed by atoms with Crippen molar-refractivity contribution in [2.24, 2.45) is 0 Å². The van der Waals surface area contributed by atoms with Crippen molar-refractivity contribution in [1.29, 1.82) is 0 Å². The van der Waals surface area contributed by atoms with Crippen molar-refractivity contribution < 1.29 is 14.6 Å². The van der Waals surface area contributed by atoms with Crippen LogP contribution in [0.25, 0.3) is 0 Å². The Balaban J connectivity index is 3.13. The van der Waals surface area contributed by atoms with E-state index in [0.29, 0.717) is 18.4 Å². The molecule has 1 rings (SSSR count). The van der Waals surface area contributed by atoms with Gasteiger partial charge >= 0.3 is 5.97 Å². The highest BCUT2D eigenvalue weighted by Crippen LogP contribution is 2.21. The van der Waals surface area contributed by atoms with Crippen LogP contribution in [0.5, 0.6) is 5.88 Å². The van der Waals surface area contributed by atoms with Crippen LogP contribution in [0.15, 0.2) is 12.3 Å². The molecule has 0 radical (unpaired) electrons. The van der Waals surface area contributed by atoms with Crippen LogP contribution in [0.3, 0.4) is 0 Å². The number of carboxylic acids is 1. The number of aromatic nitrogens is 2. The van der Waals surface area contributed by atoms with E-state index in [0.717, 1.165) is 0 Å². The zero-order valence-electron chi connectivity index (χ0n) is 10.5. The van der Waals surface area contributed by atoms with E-state index in [-0.39, 0.29) is 0 Å². The van der Waals surface area contributed by atoms with Crippen LogP contribution < -0.4 is 9.64 Å². The van der Waals surface area contributed by atoms with Gasteiger partial charge in [0.2, 0.25) is 11.8 Å². The number of carboxylic acid groups (broad SMARTS) is 1. The summed E-state index contributed by atoms with van der Waals surface area (Å²) in [5.74, 6) is -0.167. The average Bonchev–Trinajstić information content (AvgIpc) is 2.29. The van der Waals surface area contributed by atoms with Gasteiger partial charge < -0.3 is 14.7 Å². The topological polar surface area (TPSA) is 75.5 Å². The number of nitrogens with zero attached hydrogens (tertiary/aromatic N) is 3. The minimum Gasteiger partial charge on any atom is -0.481 e. The summed E-state index contributed by atoms with van der Waals surface area (Å²) < 4.78 is 5.00. The van der Waals surface area contributed by atoms with Crippen molar-refractivity contribution in [2.45, 2.75) is 26.3 Å². The maximum atomic E-state index is 11.2. The summed E-state index contributed by atoms with van der Waals surface area (Å²) in [4.78, 5) is 21.0. The quantitative estimate of drug-likeness (QED) is 0.831. The zero-order valence-corrected chi connectivity index (χ0v) is 10.5. The first kappa shape index (κ1) is 13.2. The number of likely N-dealkylation sites (N-methyl/N-ethyl adjacent to an activating group) is 1. The van der Waals surface area contributed by atoms with Gasteiger partial charge in [0, 0.05) is 18.8 Å². The molecule has 0 atom stereocenters. The Labute approximate surface area is 100 Å². The molecule has 0 bridgehead atoms. The molecule has 0 aliphatic heterocycles. The van der Waals surface area contributed by atoms with Crippen LogP contribution >= 0.6 is 0 Å². The smallest absolute Gasteiger partial charge is 0.329 e. The Kier molecular flexibility index (Phi) is 3.88. The summed E-state index contributed by atoms with van der Waals surface area (Å²) in [7, 11) is 1.50. The molecule has 0 saturated carbocycles. The van der Waals surface area contributed by atoms with E-state index in [4.69, 9.17) is 4.74 Å². The second-order valence-corrected chi connectivity index (χ2v) is 4.01. The van der Waals surface area contributed by atoms with E-state index < -0.39 is 11.5 Å². The van der Waals surface area contributed by atoms with Crippen molar-refractivity contribution in [2.75, 3.05) is 18.6 Å². The fraction of sp³-hybridized carbons (Fsp3) is 0.545. The lowest BCUT2D eigenvalue weighted by Gasteiger charge is -2.34. The average molecular weight is 239 g/mol. The summed E-state index contributed by atoms with van der Waals surface area (Å²) in [6.07, 6.45) is 1.54. The molecule has 0 spiro atoms. The monoisotopic (exact) mass is 239 g/mol. The Bertz CT molecular complexity index is 407. The highest BCUT2D eigenvalue weighted by atomic mass is 16.5. The van der Waals surface area contributed by atoms with Gasteiger partial charge in [0.1, 0.15) is 5.54 Å². The summed E-state index contributed by atoms with van der Waals surface area (Å²) in [6.45, 7) is 5.57. The third kappa shape index (κ3) is 2.64. The second kappa shape index (κ2) is 4.99. The summed E-state index contributed by atoms with van der Waals surface area (Å²) in [6, 6.07) is 1.62. The molecular formula is C11H17N3O3. The Morgan fingerprint density at radius 2 is 2.24 bits per heavy atom. The summed E-state index contributed by atoms with van der Waals surface area (Å²) in [5, 5.41) is 9.20. The fourth-order valence-corrected chi connectivity index (χ4v) is 1.48. The van der Waals surface area contributed by atoms with Gasteiger partial charge in [-0.25, -0.2) is 9.78 Å². The highest BCUT2D eigenvalue weighted by molar-refractivity contribution is 5.81. The number of ether oxygens (including phenoxy) is 1. The van der Waals surface area contributed by atoms with Gasteiger partial charge in [-0.3, -0.25) is 0 Å². The number of rotatable bonds is 5. The molecule has 1 aromatic heterocycles. The van der Waals surface area contributed by atoms with Crippen LogP contribution in [-0.4, -0.2) is 40.2 Å². The molecule has 6 heteroatoms. The molecule has 0 saturated heterocycles. The molecule has 1 heterocycles. The Hall–Kier alpha value is -1.85. The molecular weight excluding hydrogens is 222 g/mol. The number of hydrogen-bond acceptors (Lipinski definition) is 5. The number of anilines is 1. The minimum atomic E-state index is -1.07. The third-order valence-corrected chi connectivity index (χ3v) is 2.58. The third-order valence-electron chi connectivity index (χ3n) is 2.58. The molecule has 17 heavy (non-hydrogen) atoms. The van der Waals surface area contributed by atoms with Gasteiger partial charge in [0.05, 0.1) is 7.11 Å². The number of hydrogen-bond donors (Lipinski definition) is 1. The lowest BCUT2D eigenvalue weighted by molar-refractivity contribution is -0.142. The van der Waals surface area contributed by atoms with Gasteiger partial charge in [-0.15, -0.1) is 0 Å². The van der Waals surface area contributed by atoms with Crippen molar-refractivity contribution in [3.05, 3.63) is 12.3 Å². The lowest BCUT2D eigenvalue weighted by Crippen LogP contribution is -2.51. The minimum absolute atomic E-state index is 0.347. The number of carbonyl (C=O) groups is 1. The van der Waals surface area contributed by atoms with Crippen LogP contribution in [0, 0.1) is 0 Å². The highest BCUT2D eigenvalue weighted by Gasteiger charge is 2.35. The molecule has 0 aliphatic rings. The van der Waals surface area contributed by atoms with E-state index >= 15 is 0 Å². The zero-order chi connectivity index (χ0) is 13.1. The first-order valence-corrected chi connectivity index (χ1v) is 5.31. The Morgan fingerprint density at radius 1 is 1.59 bits per heavy atom. The molecule has 0 aromatic carbocycles. The standard InChI is InChI=1S/C11H17N3O3/c1-5-14(11(2,3)9(15)16)10-12-7-6-8(13-10)17-4/h6-7H,5H2,1-4H3,(H,15,16). The Morgan fingerprint density at radius 3 is 2.71 bits per heavy atom. The fourth-order valence-electron chi connectivity index (χ4n) is 1.48. The SMILES string of the molecule is CCN(c1nccc(OC)n1)C(C)(C)C(=O)O. The van der Waals surface area contributed by atoms with Crippen molar-refractivity contribution >= 4 is 11.9 Å². The van der Waals surface area contributed by atoms with E-state index in [1.807, 2.05) is 6.92 Å². The van der Waals surface area contributed by atoms with Crippen LogP contribution in [-0.2, 0) is 4.79 Å². The van der Waals surface area contributed by atoms with Gasteiger partial charge in [-0.1, -0.05) is 0 Å². The molecule has 0 amide bonds. The molecule has 94 valence electrons. The van der Waals surface area contributed by atoms with Crippen LogP contribution in [0.4, 0.5) is 5.95 Å². The van der Waals surface area contributed by atoms with Crippen molar-refractivity contribution in [1.82, 2.24) is 9.97 Å². The van der Waals surface area contributed by atoms with Crippen LogP contribution in [0.1, 0.15) is 20.8 Å². The molecule has 1 aromatic rings. The van der Waals surface area contributed by atoms with Crippen molar-refractivity contribution in [3.8, 4) is 5.88 Å². The van der Waals surface area contributed by atoms with E-state index in [1.165, 1.54) is 7.11 Å². The molecule has 0 aliphatic carbocycles. The van der Waals surface area contributed by atoms with Gasteiger partial charge in [-0.05, 0) is 20.8 Å². The maximum absolute atomic E-state index is 11.2. The van der Waals surface area contributed by atoms with Gasteiger partial charge in [-0.2, -0.15) is 4.98 Å². The van der Waals surface area contributed by atoms with E-state index in [2.05, 4.69) is 9.97 Å². The molecule has 1 N–H and O–H groups in total. The molecule has 6 nitrogen and oxygen atoms in total. The van der Waals surface area contributed by atoms with Crippen LogP contribution in [0.2, 0.25) is 0 Å². The lowest BCUT2D eigenvalue weighted by atomic mass is 10.0. The number of methoxy groups -OCH3 is 1. The second-order valence-electron chi connectivity index (χ2n) is 4.01. The molecule has 0 fully saturated rings. The van der Waals surface area contributed by atoms with Crippen molar-refractivity contribution in [3.63, 3.8) is 0 Å². The summed E-state index contributed by atoms with van der Waals surface area (Å²) in [5.41, 5.74) is -1.07. The van der Waals surface area contributed by atoms with E-state index in [9.17, 15) is 9.90 Å². The predicted octanol–water partition coefficient (Wildman–Crippen LogP) is 1.17. The summed E-state index contributed by atoms with van der Waals surface area (Å²) >= 11 is 0. The largest absolute Gasteiger partial charge is 0.481 e. The first-order valence-electron chi connectivity index (χ1n) is 5.31. The number of aliphatic carboxylic acids is 1. The molecule has 0 unspecified atom stereocenters. The normalized spacial score (nSPS) is 11.1. The van der Waals surface area contributed by atoms with Gasteiger partial charge in [0.25, 0.3) is 0 Å².